The summed E-state index contributed by atoms with van der Waals surface area (Å²) in [5.74, 6) is 0.258. The molecule has 0 aliphatic carbocycles. The van der Waals surface area contributed by atoms with Crippen LogP contribution in [0, 0.1) is 20.8 Å². The number of aryl methyl sites for hydroxylation is 2. The van der Waals surface area contributed by atoms with Crippen LogP contribution in [0.1, 0.15) is 27.3 Å². The molecule has 3 rings (SSSR count). The fourth-order valence-electron chi connectivity index (χ4n) is 2.94. The number of halogens is 1. The van der Waals surface area contributed by atoms with Crippen molar-refractivity contribution in [1.82, 2.24) is 9.55 Å². The minimum absolute atomic E-state index is 0.312. The van der Waals surface area contributed by atoms with Gasteiger partial charge in [-0.2, -0.15) is 0 Å². The Morgan fingerprint density at radius 3 is 2.36 bits per heavy atom. The van der Waals surface area contributed by atoms with E-state index in [1.165, 1.54) is 12.7 Å². The molecule has 0 saturated carbocycles. The second-order valence-corrected chi connectivity index (χ2v) is 6.43. The maximum Gasteiger partial charge on any atom is 0.358 e. The Hall–Kier alpha value is -2.59. The van der Waals surface area contributed by atoms with E-state index < -0.39 is 5.97 Å². The third-order valence-electron chi connectivity index (χ3n) is 4.19. The number of benzene rings is 2. The van der Waals surface area contributed by atoms with Gasteiger partial charge in [0.25, 0.3) is 0 Å². The van der Waals surface area contributed by atoms with Crippen LogP contribution >= 0.6 is 11.6 Å². The number of esters is 1. The Bertz CT molecular complexity index is 943. The van der Waals surface area contributed by atoms with Crippen LogP contribution in [-0.2, 0) is 4.74 Å². The second-order valence-electron chi connectivity index (χ2n) is 5.99. The Morgan fingerprint density at radius 2 is 1.76 bits per heavy atom. The van der Waals surface area contributed by atoms with E-state index in [0.717, 1.165) is 22.5 Å². The van der Waals surface area contributed by atoms with Gasteiger partial charge >= 0.3 is 5.97 Å². The molecule has 0 bridgehead atoms. The molecule has 0 aliphatic heterocycles. The molecule has 0 saturated heterocycles. The molecule has 25 heavy (non-hydrogen) atoms. The maximum absolute atomic E-state index is 12.1. The van der Waals surface area contributed by atoms with E-state index in [-0.39, 0.29) is 0 Å². The fraction of sp³-hybridized carbons (Fsp3) is 0.200. The van der Waals surface area contributed by atoms with Crippen molar-refractivity contribution in [1.29, 1.82) is 0 Å². The average Bonchev–Trinajstić information content (AvgIpc) is 2.92. The number of carbonyl (C=O) groups is 1. The van der Waals surface area contributed by atoms with E-state index in [0.29, 0.717) is 16.5 Å². The summed E-state index contributed by atoms with van der Waals surface area (Å²) in [6.45, 7) is 5.95. The molecule has 0 atom stereocenters. The monoisotopic (exact) mass is 354 g/mol. The van der Waals surface area contributed by atoms with Crippen molar-refractivity contribution >= 4 is 17.6 Å². The first-order valence-electron chi connectivity index (χ1n) is 7.93. The predicted molar refractivity (Wildman–Crippen MR) is 99.6 cm³/mol. The third kappa shape index (κ3) is 3.17. The molecule has 1 heterocycles. The van der Waals surface area contributed by atoms with Crippen LogP contribution in [0.2, 0.25) is 5.02 Å². The number of carbonyl (C=O) groups excluding carboxylic acids is 1. The van der Waals surface area contributed by atoms with Crippen molar-refractivity contribution in [3.8, 4) is 17.1 Å². The van der Waals surface area contributed by atoms with Gasteiger partial charge in [-0.3, -0.25) is 4.57 Å². The molecule has 0 radical (unpaired) electrons. The molecule has 0 N–H and O–H groups in total. The van der Waals surface area contributed by atoms with Gasteiger partial charge in [0, 0.05) is 16.3 Å². The Labute approximate surface area is 152 Å². The maximum atomic E-state index is 12.1. The molecule has 0 spiro atoms. The predicted octanol–water partition coefficient (Wildman–Crippen LogP) is 4.90. The van der Waals surface area contributed by atoms with E-state index in [4.69, 9.17) is 16.3 Å². The zero-order valence-electron chi connectivity index (χ0n) is 14.6. The van der Waals surface area contributed by atoms with Crippen molar-refractivity contribution < 1.29 is 9.53 Å². The topological polar surface area (TPSA) is 44.1 Å². The summed E-state index contributed by atoms with van der Waals surface area (Å²) in [4.78, 5) is 16.7. The number of nitrogens with zero attached hydrogens (tertiary/aromatic N) is 2. The lowest BCUT2D eigenvalue weighted by molar-refractivity contribution is 0.0593. The van der Waals surface area contributed by atoms with E-state index in [9.17, 15) is 4.79 Å². The lowest BCUT2D eigenvalue weighted by Gasteiger charge is -2.12. The molecule has 1 aromatic heterocycles. The summed E-state index contributed by atoms with van der Waals surface area (Å²) in [6.07, 6.45) is 0. The lowest BCUT2D eigenvalue weighted by Crippen LogP contribution is -2.05. The summed E-state index contributed by atoms with van der Waals surface area (Å²) in [7, 11) is 1.36. The third-order valence-corrected chi connectivity index (χ3v) is 4.45. The number of hydrogen-bond acceptors (Lipinski definition) is 3. The Morgan fingerprint density at radius 1 is 1.08 bits per heavy atom. The minimum Gasteiger partial charge on any atom is -0.464 e. The number of rotatable bonds is 3. The normalized spacial score (nSPS) is 10.8. The van der Waals surface area contributed by atoms with Gasteiger partial charge in [0.2, 0.25) is 0 Å². The molecular weight excluding hydrogens is 336 g/mol. The van der Waals surface area contributed by atoms with E-state index in [1.54, 1.807) is 0 Å². The summed E-state index contributed by atoms with van der Waals surface area (Å²) in [5.41, 5.74) is 5.17. The van der Waals surface area contributed by atoms with Gasteiger partial charge < -0.3 is 4.74 Å². The van der Waals surface area contributed by atoms with Gasteiger partial charge in [-0.25, -0.2) is 9.78 Å². The molecule has 3 aromatic rings. The highest BCUT2D eigenvalue weighted by Gasteiger charge is 2.22. The largest absolute Gasteiger partial charge is 0.464 e. The van der Waals surface area contributed by atoms with Crippen molar-refractivity contribution in [2.24, 2.45) is 0 Å². The molecule has 4 nitrogen and oxygen atoms in total. The van der Waals surface area contributed by atoms with Crippen molar-refractivity contribution in [3.63, 3.8) is 0 Å². The SMILES string of the molecule is COC(=O)c1nc(-c2ccc(C)cc2C)n(-c2ccc(Cl)cc2)c1C. The molecule has 0 fully saturated rings. The quantitative estimate of drug-likeness (QED) is 0.628. The highest BCUT2D eigenvalue weighted by atomic mass is 35.5. The number of imidazole rings is 1. The zero-order chi connectivity index (χ0) is 18.1. The van der Waals surface area contributed by atoms with Gasteiger partial charge in [-0.15, -0.1) is 0 Å². The van der Waals surface area contributed by atoms with E-state index in [2.05, 4.69) is 11.1 Å². The van der Waals surface area contributed by atoms with Crippen LogP contribution in [0.25, 0.3) is 17.1 Å². The van der Waals surface area contributed by atoms with Gasteiger partial charge in [0.05, 0.1) is 12.8 Å². The highest BCUT2D eigenvalue weighted by molar-refractivity contribution is 6.30. The van der Waals surface area contributed by atoms with Gasteiger partial charge in [-0.05, 0) is 50.6 Å². The Balaban J connectivity index is 2.29. The average molecular weight is 355 g/mol. The molecule has 0 unspecified atom stereocenters. The van der Waals surface area contributed by atoms with Crippen LogP contribution in [0.3, 0.4) is 0 Å². The summed E-state index contributed by atoms with van der Waals surface area (Å²) in [6, 6.07) is 13.6. The van der Waals surface area contributed by atoms with Crippen molar-refractivity contribution in [3.05, 3.63) is 70.0 Å². The molecule has 128 valence electrons. The molecule has 0 amide bonds. The second kappa shape index (κ2) is 6.73. The van der Waals surface area contributed by atoms with Gasteiger partial charge in [0.1, 0.15) is 5.82 Å². The lowest BCUT2D eigenvalue weighted by atomic mass is 10.1. The minimum atomic E-state index is -0.448. The number of ether oxygens (including phenoxy) is 1. The number of methoxy groups -OCH3 is 1. The van der Waals surface area contributed by atoms with Gasteiger partial charge in [0.15, 0.2) is 5.69 Å². The standard InChI is InChI=1S/C20H19ClN2O2/c1-12-5-10-17(13(2)11-12)19-22-18(20(24)25-4)14(3)23(19)16-8-6-15(21)7-9-16/h5-11H,1-4H3. The summed E-state index contributed by atoms with van der Waals surface area (Å²) in [5, 5.41) is 0.655. The van der Waals surface area contributed by atoms with Crippen molar-refractivity contribution in [2.45, 2.75) is 20.8 Å². The van der Waals surface area contributed by atoms with E-state index >= 15 is 0 Å². The van der Waals surface area contributed by atoms with Crippen LogP contribution in [0.5, 0.6) is 0 Å². The highest BCUT2D eigenvalue weighted by Crippen LogP contribution is 2.30. The smallest absolute Gasteiger partial charge is 0.358 e. The van der Waals surface area contributed by atoms with Crippen LogP contribution in [0.4, 0.5) is 0 Å². The Kier molecular flexibility index (Phi) is 4.64. The molecule has 5 heteroatoms. The summed E-state index contributed by atoms with van der Waals surface area (Å²) < 4.78 is 6.85. The van der Waals surface area contributed by atoms with Crippen LogP contribution in [-0.4, -0.2) is 22.6 Å². The fourth-order valence-corrected chi connectivity index (χ4v) is 3.07. The first-order valence-corrected chi connectivity index (χ1v) is 8.31. The summed E-state index contributed by atoms with van der Waals surface area (Å²) >= 11 is 6.02. The van der Waals surface area contributed by atoms with Crippen molar-refractivity contribution in [2.75, 3.05) is 7.11 Å². The number of aromatic nitrogens is 2. The van der Waals surface area contributed by atoms with E-state index in [1.807, 2.05) is 61.7 Å². The first kappa shape index (κ1) is 17.2. The first-order chi connectivity index (χ1) is 11.9. The van der Waals surface area contributed by atoms with Crippen LogP contribution < -0.4 is 0 Å². The zero-order valence-corrected chi connectivity index (χ0v) is 15.4. The molecular formula is C20H19ClN2O2. The van der Waals surface area contributed by atoms with Gasteiger partial charge in [-0.1, -0.05) is 35.4 Å². The van der Waals surface area contributed by atoms with Crippen LogP contribution in [0.15, 0.2) is 42.5 Å². The molecule has 2 aromatic carbocycles. The molecule has 0 aliphatic rings. The number of hydrogen-bond donors (Lipinski definition) is 0.